The van der Waals surface area contributed by atoms with E-state index in [0.29, 0.717) is 6.42 Å². The molecule has 0 heterocycles. The lowest BCUT2D eigenvalue weighted by atomic mass is 10.0. The highest BCUT2D eigenvalue weighted by molar-refractivity contribution is 5.66. The molecule has 0 aliphatic rings. The Kier molecular flexibility index (Phi) is 23.2. The van der Waals surface area contributed by atoms with Crippen LogP contribution in [-0.2, 0) is 4.79 Å². The minimum absolute atomic E-state index is 0.0506. The van der Waals surface area contributed by atoms with Crippen molar-refractivity contribution in [3.8, 4) is 0 Å². The van der Waals surface area contributed by atoms with Gasteiger partial charge in [0.15, 0.2) is 0 Å². The van der Waals surface area contributed by atoms with Crippen molar-refractivity contribution < 1.29 is 15.0 Å². The molecule has 0 rings (SSSR count). The molecular formula is C26H52O3. The van der Waals surface area contributed by atoms with Gasteiger partial charge in [-0.1, -0.05) is 129 Å². The van der Waals surface area contributed by atoms with Gasteiger partial charge in [0.05, 0.1) is 6.10 Å². The van der Waals surface area contributed by atoms with Crippen LogP contribution >= 0.6 is 0 Å². The number of aliphatic hydroxyl groups is 1. The second-order valence-corrected chi connectivity index (χ2v) is 9.09. The highest BCUT2D eigenvalue weighted by Gasteiger charge is 2.03. The number of aliphatic carboxylic acids is 1. The highest BCUT2D eigenvalue weighted by Crippen LogP contribution is 2.15. The lowest BCUT2D eigenvalue weighted by Gasteiger charge is -2.09. The summed E-state index contributed by atoms with van der Waals surface area (Å²) in [5, 5.41) is 18.5. The maximum absolute atomic E-state index is 10.4. The van der Waals surface area contributed by atoms with Gasteiger partial charge in [-0.25, -0.2) is 0 Å². The second kappa shape index (κ2) is 23.7. The Balaban J connectivity index is 3.07. The number of hydrogen-bond acceptors (Lipinski definition) is 2. The minimum Gasteiger partial charge on any atom is -0.481 e. The summed E-state index contributed by atoms with van der Waals surface area (Å²) in [5.74, 6) is -0.658. The third-order valence-corrected chi connectivity index (χ3v) is 6.07. The van der Waals surface area contributed by atoms with Crippen molar-refractivity contribution in [2.45, 2.75) is 161 Å². The number of carboxylic acids is 1. The highest BCUT2D eigenvalue weighted by atomic mass is 16.4. The summed E-state index contributed by atoms with van der Waals surface area (Å²) in [6.45, 7) is 2.21. The van der Waals surface area contributed by atoms with Crippen molar-refractivity contribution in [2.24, 2.45) is 0 Å². The van der Waals surface area contributed by atoms with Crippen LogP contribution in [0.2, 0.25) is 0 Å². The van der Waals surface area contributed by atoms with E-state index in [0.717, 1.165) is 25.7 Å². The van der Waals surface area contributed by atoms with Crippen molar-refractivity contribution in [1.82, 2.24) is 0 Å². The average Bonchev–Trinajstić information content (AvgIpc) is 2.69. The lowest BCUT2D eigenvalue weighted by molar-refractivity contribution is -0.137. The zero-order chi connectivity index (χ0) is 21.4. The smallest absolute Gasteiger partial charge is 0.303 e. The van der Waals surface area contributed by atoms with Gasteiger partial charge in [-0.15, -0.1) is 0 Å². The second-order valence-electron chi connectivity index (χ2n) is 9.09. The van der Waals surface area contributed by atoms with E-state index in [-0.39, 0.29) is 6.10 Å². The normalized spacial score (nSPS) is 12.3. The van der Waals surface area contributed by atoms with E-state index in [9.17, 15) is 9.90 Å². The SMILES string of the molecule is CCCCCC(O)CCCCCCCCCCCCCCCCCCCC(=O)O. The van der Waals surface area contributed by atoms with E-state index in [1.54, 1.807) is 0 Å². The molecule has 0 aliphatic heterocycles. The Morgan fingerprint density at radius 1 is 0.552 bits per heavy atom. The summed E-state index contributed by atoms with van der Waals surface area (Å²) in [4.78, 5) is 10.4. The standard InChI is InChI=1S/C26H52O3/c1-2-3-19-22-25(27)23-20-17-15-13-11-9-7-5-4-6-8-10-12-14-16-18-21-24-26(28)29/h25,27H,2-24H2,1H3,(H,28,29). The van der Waals surface area contributed by atoms with Gasteiger partial charge >= 0.3 is 5.97 Å². The first-order valence-corrected chi connectivity index (χ1v) is 13.1. The molecule has 3 heteroatoms. The Bertz CT molecular complexity index is 330. The van der Waals surface area contributed by atoms with Crippen molar-refractivity contribution in [3.05, 3.63) is 0 Å². The predicted molar refractivity (Wildman–Crippen MR) is 126 cm³/mol. The summed E-state index contributed by atoms with van der Waals surface area (Å²) in [7, 11) is 0. The molecule has 0 radical (unpaired) electrons. The summed E-state index contributed by atoms with van der Waals surface area (Å²) in [6.07, 6.45) is 28.0. The molecule has 0 aliphatic carbocycles. The molecule has 0 spiro atoms. The number of rotatable bonds is 24. The molecule has 0 saturated carbocycles. The van der Waals surface area contributed by atoms with Crippen LogP contribution < -0.4 is 0 Å². The lowest BCUT2D eigenvalue weighted by Crippen LogP contribution is -2.05. The fourth-order valence-electron chi connectivity index (χ4n) is 4.08. The van der Waals surface area contributed by atoms with Crippen molar-refractivity contribution in [2.75, 3.05) is 0 Å². The zero-order valence-electron chi connectivity index (χ0n) is 19.6. The molecule has 0 aromatic heterocycles. The van der Waals surface area contributed by atoms with E-state index in [1.165, 1.54) is 116 Å². The minimum atomic E-state index is -0.658. The van der Waals surface area contributed by atoms with E-state index in [2.05, 4.69) is 6.92 Å². The summed E-state index contributed by atoms with van der Waals surface area (Å²) < 4.78 is 0. The monoisotopic (exact) mass is 412 g/mol. The molecule has 3 nitrogen and oxygen atoms in total. The summed E-state index contributed by atoms with van der Waals surface area (Å²) >= 11 is 0. The molecule has 2 N–H and O–H groups in total. The van der Waals surface area contributed by atoms with E-state index < -0.39 is 5.97 Å². The molecule has 0 aromatic carbocycles. The largest absolute Gasteiger partial charge is 0.481 e. The van der Waals surface area contributed by atoms with Crippen LogP contribution in [0.4, 0.5) is 0 Å². The van der Waals surface area contributed by atoms with Crippen molar-refractivity contribution in [1.29, 1.82) is 0 Å². The van der Waals surface area contributed by atoms with Crippen molar-refractivity contribution >= 4 is 5.97 Å². The van der Waals surface area contributed by atoms with Crippen LogP contribution in [0.3, 0.4) is 0 Å². The Hall–Kier alpha value is -0.570. The number of carbonyl (C=O) groups is 1. The Labute approximate surface area is 182 Å². The quantitative estimate of drug-likeness (QED) is 0.156. The zero-order valence-corrected chi connectivity index (χ0v) is 19.6. The third-order valence-electron chi connectivity index (χ3n) is 6.07. The molecule has 29 heavy (non-hydrogen) atoms. The molecule has 0 amide bonds. The van der Waals surface area contributed by atoms with E-state index in [1.807, 2.05) is 0 Å². The number of aliphatic hydroxyl groups excluding tert-OH is 1. The average molecular weight is 413 g/mol. The fourth-order valence-corrected chi connectivity index (χ4v) is 4.08. The Morgan fingerprint density at radius 3 is 1.21 bits per heavy atom. The molecule has 0 aromatic rings. The van der Waals surface area contributed by atoms with Gasteiger partial charge in [0.2, 0.25) is 0 Å². The topological polar surface area (TPSA) is 57.5 Å². The first-order valence-electron chi connectivity index (χ1n) is 13.1. The molecule has 174 valence electrons. The molecule has 1 atom stereocenters. The van der Waals surface area contributed by atoms with E-state index in [4.69, 9.17) is 5.11 Å². The number of unbranched alkanes of at least 4 members (excludes halogenated alkanes) is 18. The van der Waals surface area contributed by atoms with Gasteiger partial charge in [-0.2, -0.15) is 0 Å². The van der Waals surface area contributed by atoms with Gasteiger partial charge in [0, 0.05) is 6.42 Å². The molecule has 0 saturated heterocycles. The third kappa shape index (κ3) is 25.4. The van der Waals surface area contributed by atoms with Crippen molar-refractivity contribution in [3.63, 3.8) is 0 Å². The number of hydrogen-bond donors (Lipinski definition) is 2. The first-order chi connectivity index (χ1) is 14.2. The van der Waals surface area contributed by atoms with Gasteiger partial charge in [-0.05, 0) is 19.3 Å². The van der Waals surface area contributed by atoms with Gasteiger partial charge in [0.1, 0.15) is 0 Å². The van der Waals surface area contributed by atoms with Crippen LogP contribution in [0.5, 0.6) is 0 Å². The number of carboxylic acid groups (broad SMARTS) is 1. The Morgan fingerprint density at radius 2 is 0.862 bits per heavy atom. The van der Waals surface area contributed by atoms with Gasteiger partial charge in [0.25, 0.3) is 0 Å². The molecule has 1 unspecified atom stereocenters. The fraction of sp³-hybridized carbons (Fsp3) is 0.962. The maximum Gasteiger partial charge on any atom is 0.303 e. The van der Waals surface area contributed by atoms with Crippen LogP contribution in [-0.4, -0.2) is 22.3 Å². The van der Waals surface area contributed by atoms with E-state index >= 15 is 0 Å². The summed E-state index contributed by atoms with van der Waals surface area (Å²) in [6, 6.07) is 0. The molecular weight excluding hydrogens is 360 g/mol. The summed E-state index contributed by atoms with van der Waals surface area (Å²) in [5.41, 5.74) is 0. The van der Waals surface area contributed by atoms with Crippen LogP contribution in [0.1, 0.15) is 155 Å². The van der Waals surface area contributed by atoms with Crippen LogP contribution in [0.25, 0.3) is 0 Å². The molecule has 0 fully saturated rings. The van der Waals surface area contributed by atoms with Gasteiger partial charge < -0.3 is 10.2 Å². The first kappa shape index (κ1) is 28.4. The predicted octanol–water partition coefficient (Wildman–Crippen LogP) is 8.42. The maximum atomic E-state index is 10.4. The molecule has 0 bridgehead atoms. The van der Waals surface area contributed by atoms with Crippen LogP contribution in [0, 0.1) is 0 Å². The van der Waals surface area contributed by atoms with Gasteiger partial charge in [-0.3, -0.25) is 4.79 Å². The van der Waals surface area contributed by atoms with Crippen LogP contribution in [0.15, 0.2) is 0 Å².